The molecule has 0 bridgehead atoms. The fraction of sp³-hybridized carbons (Fsp3) is 0.571. The summed E-state index contributed by atoms with van der Waals surface area (Å²) in [5.41, 5.74) is 0.166. The Kier molecular flexibility index (Phi) is 4.81. The van der Waals surface area contributed by atoms with Gasteiger partial charge in [-0.2, -0.15) is 11.8 Å². The first-order valence-electron chi connectivity index (χ1n) is 6.47. The number of hydrogen-bond acceptors (Lipinski definition) is 3. The lowest BCUT2D eigenvalue weighted by molar-refractivity contribution is 0.0904. The second-order valence-corrected chi connectivity index (χ2v) is 6.48. The van der Waals surface area contributed by atoms with Crippen molar-refractivity contribution in [3.63, 3.8) is 0 Å². The van der Waals surface area contributed by atoms with E-state index in [0.717, 1.165) is 18.4 Å². The van der Waals surface area contributed by atoms with E-state index in [-0.39, 0.29) is 5.56 Å². The van der Waals surface area contributed by atoms with E-state index >= 15 is 0 Å². The number of halogens is 2. The maximum atomic E-state index is 13.6. The van der Waals surface area contributed by atoms with Crippen LogP contribution in [0.4, 0.5) is 8.78 Å². The van der Waals surface area contributed by atoms with E-state index in [1.165, 1.54) is 12.1 Å². The van der Waals surface area contributed by atoms with Crippen molar-refractivity contribution in [3.8, 4) is 0 Å². The Bertz CT molecular complexity index is 443. The lowest BCUT2D eigenvalue weighted by Crippen LogP contribution is -2.46. The predicted molar refractivity (Wildman–Crippen MR) is 74.3 cm³/mol. The monoisotopic (exact) mass is 287 g/mol. The molecule has 0 amide bonds. The standard InChI is InChI=1S/C14H19F2NOS/c1-9-10(2)19-6-5-17(9)8-14(18)12-4-3-11(15)7-13(12)16/h3-4,7,9-10,14,18H,5-6,8H2,1-2H3. The van der Waals surface area contributed by atoms with Crippen LogP contribution in [0.2, 0.25) is 0 Å². The Labute approximate surface area is 116 Å². The van der Waals surface area contributed by atoms with Crippen LogP contribution in [0.1, 0.15) is 25.5 Å². The molecule has 3 unspecified atom stereocenters. The number of β-amino-alcohol motifs (C(OH)–C–C–N with tert-alkyl or cyclic N) is 1. The molecule has 1 aliphatic rings. The highest BCUT2D eigenvalue weighted by Crippen LogP contribution is 2.27. The molecule has 5 heteroatoms. The Morgan fingerprint density at radius 2 is 2.16 bits per heavy atom. The van der Waals surface area contributed by atoms with Crippen LogP contribution in [0.3, 0.4) is 0 Å². The topological polar surface area (TPSA) is 23.5 Å². The molecule has 1 aromatic carbocycles. The maximum Gasteiger partial charge on any atom is 0.131 e. The van der Waals surface area contributed by atoms with Crippen molar-refractivity contribution in [1.82, 2.24) is 4.90 Å². The third kappa shape index (κ3) is 3.46. The molecule has 1 aromatic rings. The van der Waals surface area contributed by atoms with Crippen LogP contribution < -0.4 is 0 Å². The van der Waals surface area contributed by atoms with Crippen LogP contribution in [0.15, 0.2) is 18.2 Å². The van der Waals surface area contributed by atoms with Gasteiger partial charge >= 0.3 is 0 Å². The molecule has 3 atom stereocenters. The highest BCUT2D eigenvalue weighted by molar-refractivity contribution is 8.00. The zero-order valence-corrected chi connectivity index (χ0v) is 12.0. The Balaban J connectivity index is 2.05. The number of aliphatic hydroxyl groups is 1. The first-order valence-corrected chi connectivity index (χ1v) is 7.52. The number of hydrogen-bond donors (Lipinski definition) is 1. The first-order chi connectivity index (χ1) is 8.99. The number of thioether (sulfide) groups is 1. The minimum atomic E-state index is -0.918. The van der Waals surface area contributed by atoms with Crippen molar-refractivity contribution in [2.75, 3.05) is 18.8 Å². The summed E-state index contributed by atoms with van der Waals surface area (Å²) in [4.78, 5) is 2.16. The summed E-state index contributed by atoms with van der Waals surface area (Å²) in [5, 5.41) is 10.6. The van der Waals surface area contributed by atoms with Gasteiger partial charge in [-0.25, -0.2) is 8.78 Å². The Morgan fingerprint density at radius 3 is 2.84 bits per heavy atom. The predicted octanol–water partition coefficient (Wildman–Crippen LogP) is 2.82. The van der Waals surface area contributed by atoms with Gasteiger partial charge in [-0.05, 0) is 13.0 Å². The molecule has 2 rings (SSSR count). The highest BCUT2D eigenvalue weighted by atomic mass is 32.2. The molecule has 0 radical (unpaired) electrons. The Morgan fingerprint density at radius 1 is 1.42 bits per heavy atom. The fourth-order valence-corrected chi connectivity index (χ4v) is 3.51. The molecule has 2 nitrogen and oxygen atoms in total. The average molecular weight is 287 g/mol. The Hall–Kier alpha value is -0.650. The second-order valence-electron chi connectivity index (χ2n) is 4.99. The van der Waals surface area contributed by atoms with Crippen LogP contribution >= 0.6 is 11.8 Å². The van der Waals surface area contributed by atoms with Crippen molar-refractivity contribution in [1.29, 1.82) is 0 Å². The molecule has 0 aromatic heterocycles. The van der Waals surface area contributed by atoms with E-state index in [4.69, 9.17) is 0 Å². The molecule has 0 saturated carbocycles. The molecule has 1 heterocycles. The normalized spacial score (nSPS) is 26.4. The van der Waals surface area contributed by atoms with Gasteiger partial charge in [0.1, 0.15) is 11.6 Å². The van der Waals surface area contributed by atoms with E-state index in [0.29, 0.717) is 17.8 Å². The molecular weight excluding hydrogens is 268 g/mol. The number of aliphatic hydroxyl groups excluding tert-OH is 1. The first kappa shape index (κ1) is 14.8. The molecule has 19 heavy (non-hydrogen) atoms. The summed E-state index contributed by atoms with van der Waals surface area (Å²) in [7, 11) is 0. The number of rotatable bonds is 3. The van der Waals surface area contributed by atoms with Crippen molar-refractivity contribution in [2.45, 2.75) is 31.2 Å². The van der Waals surface area contributed by atoms with Crippen LogP contribution in [0, 0.1) is 11.6 Å². The van der Waals surface area contributed by atoms with Gasteiger partial charge in [0.25, 0.3) is 0 Å². The zero-order chi connectivity index (χ0) is 14.0. The van der Waals surface area contributed by atoms with E-state index in [2.05, 4.69) is 18.7 Å². The van der Waals surface area contributed by atoms with Gasteiger partial charge in [0.2, 0.25) is 0 Å². The van der Waals surface area contributed by atoms with E-state index in [1.807, 2.05) is 11.8 Å². The third-order valence-corrected chi connectivity index (χ3v) is 5.08. The minimum absolute atomic E-state index is 0.166. The minimum Gasteiger partial charge on any atom is -0.387 e. The summed E-state index contributed by atoms with van der Waals surface area (Å²) in [5.74, 6) is -0.283. The highest BCUT2D eigenvalue weighted by Gasteiger charge is 2.27. The van der Waals surface area contributed by atoms with Crippen LogP contribution in [0.5, 0.6) is 0 Å². The zero-order valence-electron chi connectivity index (χ0n) is 11.1. The molecular formula is C14H19F2NOS. The third-order valence-electron chi connectivity index (χ3n) is 3.74. The molecule has 0 aliphatic carbocycles. The van der Waals surface area contributed by atoms with E-state index < -0.39 is 17.7 Å². The average Bonchev–Trinajstić information content (AvgIpc) is 2.34. The van der Waals surface area contributed by atoms with Crippen molar-refractivity contribution < 1.29 is 13.9 Å². The molecule has 1 saturated heterocycles. The van der Waals surface area contributed by atoms with E-state index in [9.17, 15) is 13.9 Å². The van der Waals surface area contributed by atoms with Crippen LogP contribution in [-0.2, 0) is 0 Å². The molecule has 1 N–H and O–H groups in total. The van der Waals surface area contributed by atoms with Gasteiger partial charge in [-0.1, -0.05) is 13.0 Å². The quantitative estimate of drug-likeness (QED) is 0.925. The molecule has 0 spiro atoms. The summed E-state index contributed by atoms with van der Waals surface area (Å²) in [6.07, 6.45) is -0.918. The smallest absolute Gasteiger partial charge is 0.131 e. The van der Waals surface area contributed by atoms with Gasteiger partial charge in [-0.3, -0.25) is 4.90 Å². The van der Waals surface area contributed by atoms with E-state index in [1.54, 1.807) is 0 Å². The van der Waals surface area contributed by atoms with Gasteiger partial charge in [0.15, 0.2) is 0 Å². The van der Waals surface area contributed by atoms with Crippen molar-refractivity contribution in [3.05, 3.63) is 35.4 Å². The van der Waals surface area contributed by atoms with Gasteiger partial charge in [0, 0.05) is 41.8 Å². The summed E-state index contributed by atoms with van der Waals surface area (Å²) in [6.45, 7) is 5.54. The lowest BCUT2D eigenvalue weighted by atomic mass is 10.1. The summed E-state index contributed by atoms with van der Waals surface area (Å²) < 4.78 is 26.5. The second kappa shape index (κ2) is 6.20. The molecule has 1 aliphatic heterocycles. The summed E-state index contributed by atoms with van der Waals surface area (Å²) in [6, 6.07) is 3.66. The van der Waals surface area contributed by atoms with Crippen molar-refractivity contribution >= 4 is 11.8 Å². The lowest BCUT2D eigenvalue weighted by Gasteiger charge is -2.38. The number of benzene rings is 1. The maximum absolute atomic E-state index is 13.6. The summed E-state index contributed by atoms with van der Waals surface area (Å²) >= 11 is 1.91. The van der Waals surface area contributed by atoms with Gasteiger partial charge in [-0.15, -0.1) is 0 Å². The SMILES string of the molecule is CC1SCCN(CC(O)c2ccc(F)cc2F)C1C. The van der Waals surface area contributed by atoms with Crippen LogP contribution in [0.25, 0.3) is 0 Å². The van der Waals surface area contributed by atoms with Crippen LogP contribution in [-0.4, -0.2) is 40.1 Å². The number of nitrogens with zero attached hydrogens (tertiary/aromatic N) is 1. The fourth-order valence-electron chi connectivity index (χ4n) is 2.35. The largest absolute Gasteiger partial charge is 0.387 e. The van der Waals surface area contributed by atoms with Crippen molar-refractivity contribution in [2.24, 2.45) is 0 Å². The van der Waals surface area contributed by atoms with Gasteiger partial charge < -0.3 is 5.11 Å². The molecule has 1 fully saturated rings. The molecule has 106 valence electrons. The van der Waals surface area contributed by atoms with Gasteiger partial charge in [0.05, 0.1) is 6.10 Å².